The fraction of sp³-hybridized carbons (Fsp3) is 0.550. The maximum absolute atomic E-state index is 14.5. The molecule has 0 aromatic heterocycles. The van der Waals surface area contributed by atoms with Gasteiger partial charge in [-0.1, -0.05) is 62.6 Å². The molecule has 0 bridgehead atoms. The van der Waals surface area contributed by atoms with E-state index in [4.69, 9.17) is 9.47 Å². The summed E-state index contributed by atoms with van der Waals surface area (Å²) in [5.74, 6) is 0.971. The van der Waals surface area contributed by atoms with Gasteiger partial charge in [-0.2, -0.15) is 0 Å². The van der Waals surface area contributed by atoms with Gasteiger partial charge in [-0.3, -0.25) is 4.79 Å². The third kappa shape index (κ3) is 10.2. The summed E-state index contributed by atoms with van der Waals surface area (Å²) in [6.45, 7) is 8.78. The van der Waals surface area contributed by atoms with Crippen molar-refractivity contribution in [3.8, 4) is 5.75 Å². The van der Waals surface area contributed by atoms with Gasteiger partial charge >= 0.3 is 6.03 Å². The molecule has 49 heavy (non-hydrogen) atoms. The molecule has 0 saturated heterocycles. The van der Waals surface area contributed by atoms with Crippen LogP contribution < -0.4 is 15.4 Å². The van der Waals surface area contributed by atoms with Crippen LogP contribution in [0.5, 0.6) is 5.75 Å². The number of nitrogens with one attached hydrogen (secondary N) is 2. The third-order valence-electron chi connectivity index (χ3n) is 10.1. The SMILES string of the molecule is C[C@@H]1CN([C@@H](C)CO)C(=O)c2cc(NC(=O)Nc3cccc4ccccc34)ccc2O[C@@H](C)CCCCO[C@H]1CN(C)CC1CCCCC1. The van der Waals surface area contributed by atoms with Crippen LogP contribution in [-0.2, 0) is 4.74 Å². The number of likely N-dealkylation sites (N-methyl/N-ethyl adjacent to an activating group) is 1. The highest BCUT2D eigenvalue weighted by Gasteiger charge is 2.31. The molecule has 0 spiro atoms. The van der Waals surface area contributed by atoms with E-state index in [0.29, 0.717) is 35.8 Å². The first-order valence-electron chi connectivity index (χ1n) is 18.3. The minimum atomic E-state index is -0.431. The van der Waals surface area contributed by atoms with E-state index < -0.39 is 12.1 Å². The van der Waals surface area contributed by atoms with Crippen molar-refractivity contribution in [1.82, 2.24) is 9.80 Å². The number of aliphatic hydroxyl groups excluding tert-OH is 1. The monoisotopic (exact) mass is 672 g/mol. The largest absolute Gasteiger partial charge is 0.490 e. The number of rotatable bonds is 8. The molecule has 3 N–H and O–H groups in total. The van der Waals surface area contributed by atoms with E-state index in [1.165, 1.54) is 32.1 Å². The Kier molecular flexibility index (Phi) is 13.3. The zero-order chi connectivity index (χ0) is 34.8. The molecule has 3 aromatic rings. The lowest BCUT2D eigenvalue weighted by molar-refractivity contribution is -0.0190. The molecule has 1 fully saturated rings. The van der Waals surface area contributed by atoms with E-state index in [2.05, 4.69) is 29.5 Å². The second-order valence-corrected chi connectivity index (χ2v) is 14.3. The number of benzene rings is 3. The van der Waals surface area contributed by atoms with Crippen molar-refractivity contribution >= 4 is 34.1 Å². The molecule has 266 valence electrons. The van der Waals surface area contributed by atoms with Crippen LogP contribution in [0.4, 0.5) is 16.2 Å². The number of amides is 3. The van der Waals surface area contributed by atoms with Crippen LogP contribution in [0.25, 0.3) is 10.8 Å². The van der Waals surface area contributed by atoms with Crippen LogP contribution >= 0.6 is 0 Å². The summed E-state index contributed by atoms with van der Waals surface area (Å²) < 4.78 is 12.9. The molecule has 1 heterocycles. The zero-order valence-corrected chi connectivity index (χ0v) is 29.8. The molecule has 2 aliphatic rings. The van der Waals surface area contributed by atoms with E-state index in [-0.39, 0.29) is 30.6 Å². The van der Waals surface area contributed by atoms with E-state index >= 15 is 0 Å². The zero-order valence-electron chi connectivity index (χ0n) is 29.8. The van der Waals surface area contributed by atoms with Gasteiger partial charge in [-0.25, -0.2) is 4.79 Å². The predicted octanol–water partition coefficient (Wildman–Crippen LogP) is 7.79. The number of hydrogen-bond donors (Lipinski definition) is 3. The quantitative estimate of drug-likeness (QED) is 0.226. The smallest absolute Gasteiger partial charge is 0.323 e. The Balaban J connectivity index is 1.37. The van der Waals surface area contributed by atoms with Gasteiger partial charge in [0.1, 0.15) is 5.75 Å². The standard InChI is InChI=1S/C40H56N4O5/c1-28-24-44(29(2)27-45)39(46)35-23-33(41-40(47)42-36-19-12-17-32-16-8-9-18-34(32)36)20-21-37(35)49-30(3)13-10-11-22-48-38(28)26-43(4)25-31-14-6-5-7-15-31/h8-9,12,16-21,23,28-31,38,45H,5-7,10-11,13-15,22,24-27H2,1-4H3,(H2,41,42,47)/t28-,29+,30+,38+/m1/s1. The van der Waals surface area contributed by atoms with E-state index in [0.717, 1.165) is 49.0 Å². The first-order valence-corrected chi connectivity index (χ1v) is 18.3. The number of carbonyl (C=O) groups excluding carboxylic acids is 2. The molecule has 1 aliphatic carbocycles. The lowest BCUT2D eigenvalue weighted by atomic mass is 9.89. The molecule has 9 heteroatoms. The number of urea groups is 1. The number of fused-ring (bicyclic) bond motifs is 2. The number of carbonyl (C=O) groups is 2. The minimum absolute atomic E-state index is 0.0192. The van der Waals surface area contributed by atoms with E-state index in [1.807, 2.05) is 56.3 Å². The van der Waals surface area contributed by atoms with Crippen LogP contribution in [0.1, 0.15) is 82.5 Å². The normalized spacial score (nSPS) is 22.2. The Bertz CT molecular complexity index is 1520. The van der Waals surface area contributed by atoms with Crippen molar-refractivity contribution in [2.45, 2.75) is 90.4 Å². The van der Waals surface area contributed by atoms with Gasteiger partial charge in [0.2, 0.25) is 0 Å². The van der Waals surface area contributed by atoms with Gasteiger partial charge in [0.25, 0.3) is 5.91 Å². The second kappa shape index (κ2) is 17.8. The maximum atomic E-state index is 14.5. The highest BCUT2D eigenvalue weighted by molar-refractivity contribution is 6.07. The topological polar surface area (TPSA) is 103 Å². The first-order chi connectivity index (χ1) is 23.7. The molecule has 4 atom stereocenters. The molecule has 0 radical (unpaired) electrons. The highest BCUT2D eigenvalue weighted by atomic mass is 16.5. The summed E-state index contributed by atoms with van der Waals surface area (Å²) in [6, 6.07) is 18.0. The second-order valence-electron chi connectivity index (χ2n) is 14.3. The van der Waals surface area contributed by atoms with Gasteiger partial charge < -0.3 is 35.0 Å². The lowest BCUT2D eigenvalue weighted by Crippen LogP contribution is -2.47. The molecule has 1 aliphatic heterocycles. The Morgan fingerprint density at radius 3 is 2.51 bits per heavy atom. The summed E-state index contributed by atoms with van der Waals surface area (Å²) in [6.07, 6.45) is 9.10. The number of hydrogen-bond acceptors (Lipinski definition) is 6. The third-order valence-corrected chi connectivity index (χ3v) is 10.1. The lowest BCUT2D eigenvalue weighted by Gasteiger charge is -2.36. The number of anilines is 2. The fourth-order valence-electron chi connectivity index (χ4n) is 7.27. The van der Waals surface area contributed by atoms with Crippen LogP contribution in [0.15, 0.2) is 60.7 Å². The van der Waals surface area contributed by atoms with Crippen molar-refractivity contribution in [3.05, 3.63) is 66.2 Å². The molecular weight excluding hydrogens is 616 g/mol. The summed E-state index contributed by atoms with van der Waals surface area (Å²) in [4.78, 5) is 31.8. The van der Waals surface area contributed by atoms with E-state index in [9.17, 15) is 14.7 Å². The molecule has 0 unspecified atom stereocenters. The predicted molar refractivity (Wildman–Crippen MR) is 198 cm³/mol. The Morgan fingerprint density at radius 2 is 1.71 bits per heavy atom. The maximum Gasteiger partial charge on any atom is 0.323 e. The van der Waals surface area contributed by atoms with Gasteiger partial charge in [0.15, 0.2) is 0 Å². The molecule has 1 saturated carbocycles. The van der Waals surface area contributed by atoms with Crippen LogP contribution in [0, 0.1) is 11.8 Å². The molecule has 5 rings (SSSR count). The first kappa shape index (κ1) is 36.6. The van der Waals surface area contributed by atoms with Gasteiger partial charge in [-0.15, -0.1) is 0 Å². The summed E-state index contributed by atoms with van der Waals surface area (Å²) in [5.41, 5.74) is 1.52. The molecular formula is C40H56N4O5. The minimum Gasteiger partial charge on any atom is -0.490 e. The summed E-state index contributed by atoms with van der Waals surface area (Å²) >= 11 is 0. The molecule has 3 amide bonds. The van der Waals surface area contributed by atoms with Crippen molar-refractivity contribution < 1.29 is 24.2 Å². The highest BCUT2D eigenvalue weighted by Crippen LogP contribution is 2.30. The molecule has 9 nitrogen and oxygen atoms in total. The van der Waals surface area contributed by atoms with Gasteiger partial charge in [-0.05, 0) is 88.6 Å². The Labute approximate surface area is 292 Å². The number of aliphatic hydroxyl groups is 1. The van der Waals surface area contributed by atoms with Gasteiger partial charge in [0.05, 0.1) is 36.1 Å². The average molecular weight is 673 g/mol. The number of nitrogens with zero attached hydrogens (tertiary/aromatic N) is 2. The van der Waals surface area contributed by atoms with Crippen molar-refractivity contribution in [2.75, 3.05) is 50.5 Å². The van der Waals surface area contributed by atoms with E-state index in [1.54, 1.807) is 23.1 Å². The van der Waals surface area contributed by atoms with Crippen molar-refractivity contribution in [3.63, 3.8) is 0 Å². The van der Waals surface area contributed by atoms with Crippen molar-refractivity contribution in [1.29, 1.82) is 0 Å². The molecule has 3 aromatic carbocycles. The Morgan fingerprint density at radius 1 is 0.959 bits per heavy atom. The Hall–Kier alpha value is -3.66. The van der Waals surface area contributed by atoms with Crippen LogP contribution in [0.2, 0.25) is 0 Å². The van der Waals surface area contributed by atoms with Crippen LogP contribution in [0.3, 0.4) is 0 Å². The fourth-order valence-corrected chi connectivity index (χ4v) is 7.27. The van der Waals surface area contributed by atoms with Gasteiger partial charge in [0, 0.05) is 43.2 Å². The number of ether oxygens (including phenoxy) is 2. The summed E-state index contributed by atoms with van der Waals surface area (Å²) in [5, 5.41) is 18.1. The average Bonchev–Trinajstić information content (AvgIpc) is 3.10. The van der Waals surface area contributed by atoms with Crippen LogP contribution in [-0.4, -0.2) is 85.0 Å². The summed E-state index contributed by atoms with van der Waals surface area (Å²) in [7, 11) is 2.19. The van der Waals surface area contributed by atoms with Crippen molar-refractivity contribution in [2.24, 2.45) is 11.8 Å².